The van der Waals surface area contributed by atoms with Gasteiger partial charge in [-0.2, -0.15) is 0 Å². The molecule has 0 spiro atoms. The SMILES string of the molecule is c1ccc2c(c1)N=C(n1ccnc1)c1ccccc1S2. The molecule has 3 nitrogen and oxygen atoms in total. The molecule has 0 atom stereocenters. The molecule has 2 heterocycles. The molecule has 0 radical (unpaired) electrons. The van der Waals surface area contributed by atoms with E-state index >= 15 is 0 Å². The Morgan fingerprint density at radius 2 is 1.70 bits per heavy atom. The van der Waals surface area contributed by atoms with E-state index in [0.29, 0.717) is 0 Å². The summed E-state index contributed by atoms with van der Waals surface area (Å²) in [5.74, 6) is 0.913. The Bertz CT molecular complexity index is 791. The molecule has 0 saturated heterocycles. The number of imidazole rings is 1. The van der Waals surface area contributed by atoms with E-state index in [4.69, 9.17) is 4.99 Å². The monoisotopic (exact) mass is 277 g/mol. The smallest absolute Gasteiger partial charge is 0.147 e. The van der Waals surface area contributed by atoms with E-state index in [0.717, 1.165) is 17.1 Å². The lowest BCUT2D eigenvalue weighted by Gasteiger charge is -2.08. The van der Waals surface area contributed by atoms with Crippen molar-refractivity contribution in [3.05, 3.63) is 72.8 Å². The number of fused-ring (bicyclic) bond motifs is 2. The van der Waals surface area contributed by atoms with Crippen molar-refractivity contribution in [3.63, 3.8) is 0 Å². The minimum absolute atomic E-state index is 0.913. The Kier molecular flexibility index (Phi) is 2.67. The zero-order chi connectivity index (χ0) is 13.4. The highest BCUT2D eigenvalue weighted by atomic mass is 32.2. The van der Waals surface area contributed by atoms with E-state index in [1.807, 2.05) is 35.0 Å². The third kappa shape index (κ3) is 1.85. The largest absolute Gasteiger partial charge is 0.290 e. The number of aromatic nitrogens is 2. The van der Waals surface area contributed by atoms with Crippen molar-refractivity contribution in [2.45, 2.75) is 9.79 Å². The van der Waals surface area contributed by atoms with Gasteiger partial charge in [-0.05, 0) is 18.2 Å². The van der Waals surface area contributed by atoms with Gasteiger partial charge in [0.15, 0.2) is 0 Å². The van der Waals surface area contributed by atoms with Crippen molar-refractivity contribution in [2.24, 2.45) is 4.99 Å². The van der Waals surface area contributed by atoms with Crippen molar-refractivity contribution in [3.8, 4) is 0 Å². The summed E-state index contributed by atoms with van der Waals surface area (Å²) in [6, 6.07) is 16.6. The second-order valence-electron chi connectivity index (χ2n) is 4.47. The molecular formula is C16H11N3S. The van der Waals surface area contributed by atoms with Crippen LogP contribution in [0.1, 0.15) is 5.56 Å². The number of para-hydroxylation sites is 1. The number of rotatable bonds is 0. The van der Waals surface area contributed by atoms with E-state index in [1.165, 1.54) is 9.79 Å². The summed E-state index contributed by atoms with van der Waals surface area (Å²) >= 11 is 1.76. The first-order valence-electron chi connectivity index (χ1n) is 6.35. The van der Waals surface area contributed by atoms with Crippen LogP contribution in [0.5, 0.6) is 0 Å². The van der Waals surface area contributed by atoms with Gasteiger partial charge in [-0.25, -0.2) is 9.98 Å². The molecule has 1 aliphatic rings. The minimum Gasteiger partial charge on any atom is -0.290 e. The van der Waals surface area contributed by atoms with Gasteiger partial charge in [-0.3, -0.25) is 4.57 Å². The van der Waals surface area contributed by atoms with E-state index in [1.54, 1.807) is 24.3 Å². The highest BCUT2D eigenvalue weighted by Crippen LogP contribution is 2.40. The fraction of sp³-hybridized carbons (Fsp3) is 0. The molecule has 3 aromatic rings. The van der Waals surface area contributed by atoms with Gasteiger partial charge in [-0.15, -0.1) is 0 Å². The Labute approximate surface area is 121 Å². The Balaban J connectivity index is 2.01. The molecule has 0 bridgehead atoms. The van der Waals surface area contributed by atoms with Crippen molar-refractivity contribution in [1.82, 2.24) is 9.55 Å². The molecule has 1 aliphatic heterocycles. The average molecular weight is 277 g/mol. The van der Waals surface area contributed by atoms with Gasteiger partial charge in [0.1, 0.15) is 12.2 Å². The fourth-order valence-electron chi connectivity index (χ4n) is 2.25. The minimum atomic E-state index is 0.913. The third-order valence-corrected chi connectivity index (χ3v) is 4.33. The number of hydrogen-bond donors (Lipinski definition) is 0. The molecule has 4 rings (SSSR count). The highest BCUT2D eigenvalue weighted by Gasteiger charge is 2.17. The van der Waals surface area contributed by atoms with E-state index in [9.17, 15) is 0 Å². The zero-order valence-corrected chi connectivity index (χ0v) is 11.4. The maximum Gasteiger partial charge on any atom is 0.147 e. The lowest BCUT2D eigenvalue weighted by atomic mass is 10.2. The summed E-state index contributed by atoms with van der Waals surface area (Å²) in [7, 11) is 0. The maximum absolute atomic E-state index is 4.84. The molecule has 4 heteroatoms. The molecule has 0 unspecified atom stereocenters. The molecule has 0 saturated carbocycles. The fourth-order valence-corrected chi connectivity index (χ4v) is 3.27. The first-order chi connectivity index (χ1) is 9.92. The third-order valence-electron chi connectivity index (χ3n) is 3.19. The topological polar surface area (TPSA) is 30.2 Å². The predicted octanol–water partition coefficient (Wildman–Crippen LogP) is 3.97. The van der Waals surface area contributed by atoms with Crippen LogP contribution in [0, 0.1) is 0 Å². The zero-order valence-electron chi connectivity index (χ0n) is 10.6. The van der Waals surface area contributed by atoms with Crippen LogP contribution < -0.4 is 0 Å². The second kappa shape index (κ2) is 4.65. The van der Waals surface area contributed by atoms with Gasteiger partial charge in [0, 0.05) is 27.7 Å². The summed E-state index contributed by atoms with van der Waals surface area (Å²) in [6.07, 6.45) is 5.48. The van der Waals surface area contributed by atoms with Crippen LogP contribution in [0.3, 0.4) is 0 Å². The summed E-state index contributed by atoms with van der Waals surface area (Å²) in [6.45, 7) is 0. The van der Waals surface area contributed by atoms with Crippen LogP contribution in [-0.2, 0) is 0 Å². The highest BCUT2D eigenvalue weighted by molar-refractivity contribution is 7.99. The van der Waals surface area contributed by atoms with Gasteiger partial charge in [-0.1, -0.05) is 42.1 Å². The first-order valence-corrected chi connectivity index (χ1v) is 7.17. The molecule has 1 aromatic heterocycles. The predicted molar refractivity (Wildman–Crippen MR) is 80.8 cm³/mol. The van der Waals surface area contributed by atoms with E-state index in [-0.39, 0.29) is 0 Å². The maximum atomic E-state index is 4.84. The van der Waals surface area contributed by atoms with Crippen LogP contribution in [-0.4, -0.2) is 15.4 Å². The average Bonchev–Trinajstić information content (AvgIpc) is 2.96. The van der Waals surface area contributed by atoms with Crippen LogP contribution in [0.15, 0.2) is 82.0 Å². The van der Waals surface area contributed by atoms with Crippen molar-refractivity contribution in [1.29, 1.82) is 0 Å². The van der Waals surface area contributed by atoms with Crippen LogP contribution in [0.2, 0.25) is 0 Å². The van der Waals surface area contributed by atoms with Gasteiger partial charge in [0.2, 0.25) is 0 Å². The summed E-state index contributed by atoms with van der Waals surface area (Å²) in [5, 5.41) is 0. The number of aliphatic imine (C=N–C) groups is 1. The van der Waals surface area contributed by atoms with Crippen LogP contribution >= 0.6 is 11.8 Å². The van der Waals surface area contributed by atoms with Gasteiger partial charge >= 0.3 is 0 Å². The lowest BCUT2D eigenvalue weighted by molar-refractivity contribution is 1.11. The number of benzene rings is 2. The number of nitrogens with zero attached hydrogens (tertiary/aromatic N) is 3. The van der Waals surface area contributed by atoms with Crippen LogP contribution in [0.25, 0.3) is 0 Å². The lowest BCUT2D eigenvalue weighted by Crippen LogP contribution is -2.11. The molecule has 96 valence electrons. The van der Waals surface area contributed by atoms with Crippen molar-refractivity contribution in [2.75, 3.05) is 0 Å². The number of hydrogen-bond acceptors (Lipinski definition) is 3. The molecule has 0 aliphatic carbocycles. The Morgan fingerprint density at radius 1 is 0.900 bits per heavy atom. The molecule has 0 fully saturated rings. The van der Waals surface area contributed by atoms with Crippen molar-refractivity contribution >= 4 is 23.3 Å². The van der Waals surface area contributed by atoms with Crippen LogP contribution in [0.4, 0.5) is 5.69 Å². The van der Waals surface area contributed by atoms with E-state index in [2.05, 4.69) is 29.2 Å². The van der Waals surface area contributed by atoms with Gasteiger partial charge < -0.3 is 0 Å². The van der Waals surface area contributed by atoms with Gasteiger partial charge in [0.05, 0.1) is 5.69 Å². The van der Waals surface area contributed by atoms with Gasteiger partial charge in [0.25, 0.3) is 0 Å². The molecule has 20 heavy (non-hydrogen) atoms. The second-order valence-corrected chi connectivity index (χ2v) is 5.56. The van der Waals surface area contributed by atoms with Crippen molar-refractivity contribution < 1.29 is 0 Å². The Morgan fingerprint density at radius 3 is 2.55 bits per heavy atom. The Hall–Kier alpha value is -2.33. The molecular weight excluding hydrogens is 266 g/mol. The standard InChI is InChI=1S/C16H11N3S/c1-3-7-14-12(5-1)16(19-10-9-17-11-19)18-13-6-2-4-8-15(13)20-14/h1-11H. The molecule has 0 amide bonds. The summed E-state index contributed by atoms with van der Waals surface area (Å²) in [5.41, 5.74) is 2.13. The molecule has 2 aromatic carbocycles. The summed E-state index contributed by atoms with van der Waals surface area (Å²) in [4.78, 5) is 11.4. The van der Waals surface area contributed by atoms with E-state index < -0.39 is 0 Å². The first kappa shape index (κ1) is 11.5. The quantitative estimate of drug-likeness (QED) is 0.487. The summed E-state index contributed by atoms with van der Waals surface area (Å²) < 4.78 is 1.96. The molecule has 0 N–H and O–H groups in total. The normalized spacial score (nSPS) is 13.1.